The molecule has 222 valence electrons. The largest absolute Gasteiger partial charge is 2.00 e. The van der Waals surface area contributed by atoms with Crippen LogP contribution in [-0.2, 0) is 27.5 Å². The van der Waals surface area contributed by atoms with Crippen molar-refractivity contribution in [3.63, 3.8) is 0 Å². The standard InChI is InChI=1S/C34H24F3N5O.Pd/c1-40-18-17-39-34(40)28-22-29(32(36)33(37)31(28)35)43-27-20-25(41(2)30-15-9-10-16-38-30)19-26(21-27)42(23-11-5-3-6-12-23)24-13-7-4-8-14-24;/h3-19,21H,1-2H3;/q-2;+2. The summed E-state index contributed by atoms with van der Waals surface area (Å²) in [5.74, 6) is -4.53. The van der Waals surface area contributed by atoms with Gasteiger partial charge in [0.1, 0.15) is 17.5 Å². The maximum Gasteiger partial charge on any atom is 2.00 e. The smallest absolute Gasteiger partial charge is 0.500 e. The number of hydrogen-bond donors (Lipinski definition) is 0. The summed E-state index contributed by atoms with van der Waals surface area (Å²) in [4.78, 5) is 12.3. The van der Waals surface area contributed by atoms with Gasteiger partial charge in [-0.05, 0) is 36.4 Å². The fourth-order valence-corrected chi connectivity index (χ4v) is 4.63. The molecule has 0 saturated heterocycles. The topological polar surface area (TPSA) is 46.4 Å². The molecular formula is C34H24F3N5OPd. The molecule has 0 amide bonds. The summed E-state index contributed by atoms with van der Waals surface area (Å²) in [5, 5.41) is 0. The Kier molecular flexibility index (Phi) is 9.14. The number of nitrogens with zero attached hydrogens (tertiary/aromatic N) is 5. The normalized spacial score (nSPS) is 10.7. The molecule has 0 radical (unpaired) electrons. The predicted molar refractivity (Wildman–Crippen MR) is 160 cm³/mol. The number of halogens is 3. The second-order valence-corrected chi connectivity index (χ2v) is 9.58. The molecule has 4 aromatic carbocycles. The molecule has 0 N–H and O–H groups in total. The van der Waals surface area contributed by atoms with Gasteiger partial charge in [-0.1, -0.05) is 65.5 Å². The van der Waals surface area contributed by atoms with Crippen LogP contribution in [0.1, 0.15) is 0 Å². The maximum atomic E-state index is 15.1. The zero-order chi connectivity index (χ0) is 29.9. The molecule has 6 aromatic rings. The van der Waals surface area contributed by atoms with Crippen molar-refractivity contribution in [2.75, 3.05) is 16.8 Å². The summed E-state index contributed by atoms with van der Waals surface area (Å²) in [6.07, 6.45) is 4.64. The van der Waals surface area contributed by atoms with Crippen LogP contribution >= 0.6 is 0 Å². The molecule has 6 rings (SSSR count). The molecule has 0 fully saturated rings. The number of benzene rings is 4. The minimum atomic E-state index is -1.69. The molecule has 6 nitrogen and oxygen atoms in total. The molecule has 0 aliphatic carbocycles. The third-order valence-electron chi connectivity index (χ3n) is 6.76. The Morgan fingerprint density at radius 1 is 0.727 bits per heavy atom. The average Bonchev–Trinajstić information content (AvgIpc) is 3.47. The Morgan fingerprint density at radius 3 is 1.98 bits per heavy atom. The van der Waals surface area contributed by atoms with Crippen molar-refractivity contribution >= 4 is 28.6 Å². The summed E-state index contributed by atoms with van der Waals surface area (Å²) in [6.45, 7) is 0. The third kappa shape index (κ3) is 6.09. The predicted octanol–water partition coefficient (Wildman–Crippen LogP) is 8.53. The Morgan fingerprint density at radius 2 is 1.39 bits per heavy atom. The molecule has 10 heteroatoms. The molecule has 44 heavy (non-hydrogen) atoms. The first kappa shape index (κ1) is 30.5. The molecule has 2 heterocycles. The van der Waals surface area contributed by atoms with Crippen molar-refractivity contribution in [1.82, 2.24) is 14.5 Å². The first-order valence-electron chi connectivity index (χ1n) is 13.3. The Balaban J connectivity index is 0.00000384. The average molecular weight is 682 g/mol. The number of anilines is 5. The Labute approximate surface area is 266 Å². The fourth-order valence-electron chi connectivity index (χ4n) is 4.63. The summed E-state index contributed by atoms with van der Waals surface area (Å²) in [7, 11) is 3.41. The van der Waals surface area contributed by atoms with E-state index in [1.807, 2.05) is 83.8 Å². The summed E-state index contributed by atoms with van der Waals surface area (Å²) in [5.41, 5.74) is 2.49. The van der Waals surface area contributed by atoms with Crippen molar-refractivity contribution < 1.29 is 38.3 Å². The van der Waals surface area contributed by atoms with Gasteiger partial charge in [0.2, 0.25) is 0 Å². The van der Waals surface area contributed by atoms with Crippen molar-refractivity contribution in [2.45, 2.75) is 0 Å². The van der Waals surface area contributed by atoms with Gasteiger partial charge in [-0.3, -0.25) is 13.8 Å². The zero-order valence-corrected chi connectivity index (χ0v) is 25.0. The number of rotatable bonds is 8. The van der Waals surface area contributed by atoms with Crippen molar-refractivity contribution in [2.24, 2.45) is 7.05 Å². The van der Waals surface area contributed by atoms with Gasteiger partial charge in [0.25, 0.3) is 0 Å². The van der Waals surface area contributed by atoms with Gasteiger partial charge in [-0.25, -0.2) is 9.37 Å². The molecular weight excluding hydrogens is 658 g/mol. The Bertz CT molecular complexity index is 1830. The van der Waals surface area contributed by atoms with Gasteiger partial charge in [-0.2, -0.15) is 0 Å². The van der Waals surface area contributed by atoms with E-state index >= 15 is 4.39 Å². The van der Waals surface area contributed by atoms with Crippen LogP contribution in [0.5, 0.6) is 11.5 Å². The van der Waals surface area contributed by atoms with E-state index in [0.717, 1.165) is 11.4 Å². The number of imidazole rings is 1. The van der Waals surface area contributed by atoms with Crippen molar-refractivity contribution in [3.8, 4) is 22.9 Å². The molecule has 0 bridgehead atoms. The number of pyridine rings is 1. The molecule has 0 atom stereocenters. The number of ether oxygens (including phenoxy) is 1. The van der Waals surface area contributed by atoms with E-state index in [1.165, 1.54) is 10.8 Å². The second kappa shape index (κ2) is 13.2. The molecule has 0 aliphatic heterocycles. The Hall–Kier alpha value is -4.91. The summed E-state index contributed by atoms with van der Waals surface area (Å²) >= 11 is 0. The molecule has 0 saturated carbocycles. The summed E-state index contributed by atoms with van der Waals surface area (Å²) < 4.78 is 52.2. The minimum Gasteiger partial charge on any atom is -0.500 e. The molecule has 0 aliphatic rings. The van der Waals surface area contributed by atoms with Crippen LogP contribution in [-0.4, -0.2) is 21.6 Å². The van der Waals surface area contributed by atoms with Crippen LogP contribution < -0.4 is 14.5 Å². The van der Waals surface area contributed by atoms with E-state index in [4.69, 9.17) is 4.74 Å². The van der Waals surface area contributed by atoms with Crippen LogP contribution in [0, 0.1) is 29.6 Å². The first-order chi connectivity index (χ1) is 20.9. The van der Waals surface area contributed by atoms with Gasteiger partial charge < -0.3 is 19.1 Å². The fraction of sp³-hybridized carbons (Fsp3) is 0.0588. The van der Waals surface area contributed by atoms with E-state index < -0.39 is 23.2 Å². The van der Waals surface area contributed by atoms with Gasteiger partial charge in [0.15, 0.2) is 0 Å². The van der Waals surface area contributed by atoms with Gasteiger partial charge in [-0.15, -0.1) is 18.2 Å². The zero-order valence-electron chi connectivity index (χ0n) is 23.5. The van der Waals surface area contributed by atoms with Gasteiger partial charge >= 0.3 is 20.4 Å². The van der Waals surface area contributed by atoms with E-state index in [0.29, 0.717) is 17.2 Å². The van der Waals surface area contributed by atoms with E-state index in [-0.39, 0.29) is 37.6 Å². The van der Waals surface area contributed by atoms with E-state index in [9.17, 15) is 8.78 Å². The number of aryl methyl sites for hydroxylation is 1. The molecule has 0 spiro atoms. The minimum absolute atomic E-state index is 0. The van der Waals surface area contributed by atoms with Crippen molar-refractivity contribution in [1.29, 1.82) is 0 Å². The van der Waals surface area contributed by atoms with E-state index in [1.54, 1.807) is 43.5 Å². The molecule has 0 unspecified atom stereocenters. The monoisotopic (exact) mass is 681 g/mol. The van der Waals surface area contributed by atoms with Crippen LogP contribution in [0.25, 0.3) is 11.4 Å². The third-order valence-corrected chi connectivity index (χ3v) is 6.76. The van der Waals surface area contributed by atoms with Crippen molar-refractivity contribution in [3.05, 3.63) is 139 Å². The van der Waals surface area contributed by atoms with Crippen LogP contribution in [0.4, 0.5) is 41.7 Å². The number of para-hydroxylation sites is 2. The van der Waals surface area contributed by atoms with E-state index in [2.05, 4.69) is 22.1 Å². The number of aromatic nitrogens is 3. The quantitative estimate of drug-likeness (QED) is 0.0916. The van der Waals surface area contributed by atoms with Crippen LogP contribution in [0.2, 0.25) is 0 Å². The first-order valence-corrected chi connectivity index (χ1v) is 13.3. The second-order valence-electron chi connectivity index (χ2n) is 9.58. The van der Waals surface area contributed by atoms with Crippen LogP contribution in [0.15, 0.2) is 110 Å². The van der Waals surface area contributed by atoms with Crippen LogP contribution in [0.3, 0.4) is 0 Å². The summed E-state index contributed by atoms with van der Waals surface area (Å²) in [6, 6.07) is 34.0. The molecule has 2 aromatic heterocycles. The maximum absolute atomic E-state index is 15.1. The SMILES string of the molecule is CN(c1[c-]c(Oc2[c-]c(-c3nccn3C)c(F)c(F)c2F)cc(N(c2ccccc2)c2ccccc2)c1)c1ccccn1.[Pd+2]. The number of hydrogen-bond acceptors (Lipinski definition) is 5. The van der Waals surface area contributed by atoms with Gasteiger partial charge in [0.05, 0.1) is 17.4 Å². The van der Waals surface area contributed by atoms with Gasteiger partial charge in [0, 0.05) is 49.8 Å².